The smallest absolute Gasteiger partial charge is 0.299 e. The van der Waals surface area contributed by atoms with Crippen LogP contribution < -0.4 is 16.4 Å². The molecule has 2 heterocycles. The number of nitrogens with zero attached hydrogens (tertiary/aromatic N) is 3. The van der Waals surface area contributed by atoms with Gasteiger partial charge in [0.1, 0.15) is 0 Å². The molecule has 1 aromatic heterocycles. The number of carbonyl (C=O) groups excluding carboxylic acids is 1. The van der Waals surface area contributed by atoms with E-state index in [1.807, 2.05) is 49.4 Å². The van der Waals surface area contributed by atoms with Crippen LogP contribution in [0, 0.1) is 6.92 Å². The fourth-order valence-corrected chi connectivity index (χ4v) is 3.62. The van der Waals surface area contributed by atoms with E-state index in [4.69, 9.17) is 14.9 Å². The maximum Gasteiger partial charge on any atom is 0.299 e. The van der Waals surface area contributed by atoms with E-state index in [2.05, 4.69) is 25.5 Å². The molecule has 0 saturated carbocycles. The summed E-state index contributed by atoms with van der Waals surface area (Å²) in [5, 5.41) is 6.18. The lowest BCUT2D eigenvalue weighted by Crippen LogP contribution is -2.41. The number of nitrogens with two attached hydrogens (primary N) is 1. The summed E-state index contributed by atoms with van der Waals surface area (Å²) in [5.41, 5.74) is 9.30. The highest BCUT2D eigenvalue weighted by atomic mass is 16.5. The Hall–Kier alpha value is -3.95. The molecule has 0 aliphatic carbocycles. The van der Waals surface area contributed by atoms with Gasteiger partial charge in [-0.25, -0.2) is 4.98 Å². The first-order chi connectivity index (χ1) is 17.1. The van der Waals surface area contributed by atoms with Gasteiger partial charge in [-0.15, -0.1) is 0 Å². The molecule has 2 aromatic carbocycles. The Bertz CT molecular complexity index is 1180. The van der Waals surface area contributed by atoms with Crippen molar-refractivity contribution in [3.05, 3.63) is 72.1 Å². The van der Waals surface area contributed by atoms with Crippen LogP contribution in [0.15, 0.2) is 70.3 Å². The number of aliphatic imine (C=N–C) groups is 1. The Labute approximate surface area is 204 Å². The molecule has 1 fully saturated rings. The number of amides is 1. The van der Waals surface area contributed by atoms with Gasteiger partial charge < -0.3 is 25.5 Å². The van der Waals surface area contributed by atoms with Gasteiger partial charge in [0, 0.05) is 49.2 Å². The first-order valence-electron chi connectivity index (χ1n) is 11.6. The van der Waals surface area contributed by atoms with Gasteiger partial charge >= 0.3 is 0 Å². The molecule has 1 aliphatic rings. The van der Waals surface area contributed by atoms with E-state index in [0.29, 0.717) is 23.9 Å². The van der Waals surface area contributed by atoms with E-state index < -0.39 is 0 Å². The molecule has 0 spiro atoms. The van der Waals surface area contributed by atoms with Crippen LogP contribution in [-0.4, -0.2) is 61.4 Å². The van der Waals surface area contributed by atoms with Crippen LogP contribution in [-0.2, 0) is 4.74 Å². The largest absolute Gasteiger partial charge is 0.423 e. The van der Waals surface area contributed by atoms with Gasteiger partial charge in [0.05, 0.1) is 25.1 Å². The Kier molecular flexibility index (Phi) is 8.26. The summed E-state index contributed by atoms with van der Waals surface area (Å²) >= 11 is 0. The maximum atomic E-state index is 12.7. The van der Waals surface area contributed by atoms with Crippen molar-refractivity contribution in [2.24, 2.45) is 10.7 Å². The van der Waals surface area contributed by atoms with E-state index in [0.717, 1.165) is 55.3 Å². The molecule has 35 heavy (non-hydrogen) atoms. The van der Waals surface area contributed by atoms with Crippen molar-refractivity contribution >= 4 is 29.5 Å². The van der Waals surface area contributed by atoms with Gasteiger partial charge in [0.25, 0.3) is 11.9 Å². The van der Waals surface area contributed by atoms with Crippen molar-refractivity contribution in [2.75, 3.05) is 44.7 Å². The minimum absolute atomic E-state index is 0.112. The number of oxazole rings is 1. The number of nitrogens with one attached hydrogen (secondary N) is 2. The van der Waals surface area contributed by atoms with Crippen molar-refractivity contribution in [2.45, 2.75) is 6.92 Å². The molecule has 1 saturated heterocycles. The van der Waals surface area contributed by atoms with Crippen molar-refractivity contribution < 1.29 is 13.9 Å². The van der Waals surface area contributed by atoms with Gasteiger partial charge in [-0.05, 0) is 61.2 Å². The molecular formula is C26H30N6O3. The first kappa shape index (κ1) is 24.2. The normalized spacial score (nSPS) is 14.5. The second kappa shape index (κ2) is 12.0. The summed E-state index contributed by atoms with van der Waals surface area (Å²) < 4.78 is 11.3. The Morgan fingerprint density at radius 3 is 2.77 bits per heavy atom. The van der Waals surface area contributed by atoms with Crippen LogP contribution in [0.1, 0.15) is 15.9 Å². The first-order valence-corrected chi connectivity index (χ1v) is 11.6. The molecule has 0 unspecified atom stereocenters. The van der Waals surface area contributed by atoms with Crippen LogP contribution >= 0.6 is 0 Å². The van der Waals surface area contributed by atoms with Gasteiger partial charge in [-0.2, -0.15) is 0 Å². The highest BCUT2D eigenvalue weighted by Gasteiger charge is 2.13. The molecule has 0 radical (unpaired) electrons. The number of carbonyl (C=O) groups is 1. The quantitative estimate of drug-likeness (QED) is 0.405. The number of rotatable bonds is 9. The Balaban J connectivity index is 1.37. The topological polar surface area (TPSA) is 118 Å². The maximum absolute atomic E-state index is 12.7. The van der Waals surface area contributed by atoms with Crippen LogP contribution in [0.25, 0.3) is 11.3 Å². The molecule has 182 valence electrons. The number of anilines is 2. The predicted octanol–water partition coefficient (Wildman–Crippen LogP) is 3.63. The van der Waals surface area contributed by atoms with Crippen LogP contribution in [0.2, 0.25) is 0 Å². The molecule has 9 heteroatoms. The minimum atomic E-state index is -0.112. The number of morpholine rings is 1. The molecular weight excluding hydrogens is 444 g/mol. The fraction of sp³-hybridized carbons (Fsp3) is 0.269. The number of benzene rings is 2. The predicted molar refractivity (Wildman–Crippen MR) is 137 cm³/mol. The van der Waals surface area contributed by atoms with Gasteiger partial charge in [-0.3, -0.25) is 14.7 Å². The molecule has 1 aliphatic heterocycles. The number of allylic oxidation sites excluding steroid dienone is 1. The van der Waals surface area contributed by atoms with Crippen LogP contribution in [0.3, 0.4) is 0 Å². The molecule has 3 aromatic rings. The third kappa shape index (κ3) is 6.78. The standard InChI is InChI=1S/C26H30N6O3/c1-19-3-4-21(25(33)29-11-12-32-13-15-34-16-14-32)17-23(19)31-26-30-18-24(35-26)20-5-7-22(8-6-20)28-10-2-9-27/h2-10,17-18H,11-16,27H2,1H3,(H,29,33)(H,30,31). The molecule has 4 rings (SSSR count). The van der Waals surface area contributed by atoms with Crippen molar-refractivity contribution in [3.63, 3.8) is 0 Å². The summed E-state index contributed by atoms with van der Waals surface area (Å²) in [6.45, 7) is 6.65. The number of aryl methyl sites for hydroxylation is 1. The minimum Gasteiger partial charge on any atom is -0.423 e. The van der Waals surface area contributed by atoms with E-state index in [9.17, 15) is 4.79 Å². The summed E-state index contributed by atoms with van der Waals surface area (Å²) in [6.07, 6.45) is 6.38. The lowest BCUT2D eigenvalue weighted by molar-refractivity contribution is 0.0383. The Morgan fingerprint density at radius 2 is 2.00 bits per heavy atom. The van der Waals surface area contributed by atoms with Crippen LogP contribution in [0.5, 0.6) is 0 Å². The number of hydrogen-bond acceptors (Lipinski definition) is 8. The van der Waals surface area contributed by atoms with E-state index >= 15 is 0 Å². The highest BCUT2D eigenvalue weighted by molar-refractivity contribution is 5.95. The second-order valence-electron chi connectivity index (χ2n) is 8.10. The third-order valence-electron chi connectivity index (χ3n) is 5.64. The fourth-order valence-electron chi connectivity index (χ4n) is 3.62. The summed E-state index contributed by atoms with van der Waals surface area (Å²) in [5.74, 6) is 0.513. The monoisotopic (exact) mass is 474 g/mol. The second-order valence-corrected chi connectivity index (χ2v) is 8.10. The molecule has 9 nitrogen and oxygen atoms in total. The summed E-state index contributed by atoms with van der Waals surface area (Å²) in [4.78, 5) is 23.6. The number of ether oxygens (including phenoxy) is 1. The van der Waals surface area contributed by atoms with E-state index in [1.165, 1.54) is 6.20 Å². The average molecular weight is 475 g/mol. The van der Waals surface area contributed by atoms with Crippen LogP contribution in [0.4, 0.5) is 17.4 Å². The van der Waals surface area contributed by atoms with Crippen molar-refractivity contribution in [1.82, 2.24) is 15.2 Å². The zero-order valence-electron chi connectivity index (χ0n) is 19.7. The Morgan fingerprint density at radius 1 is 1.20 bits per heavy atom. The highest BCUT2D eigenvalue weighted by Crippen LogP contribution is 2.27. The third-order valence-corrected chi connectivity index (χ3v) is 5.64. The number of aromatic nitrogens is 1. The van der Waals surface area contributed by atoms with Crippen molar-refractivity contribution in [3.8, 4) is 11.3 Å². The van der Waals surface area contributed by atoms with Gasteiger partial charge in [-0.1, -0.05) is 6.07 Å². The van der Waals surface area contributed by atoms with E-state index in [1.54, 1.807) is 18.5 Å². The van der Waals surface area contributed by atoms with E-state index in [-0.39, 0.29) is 5.91 Å². The van der Waals surface area contributed by atoms with Crippen molar-refractivity contribution in [1.29, 1.82) is 0 Å². The zero-order chi connectivity index (χ0) is 24.5. The molecule has 0 bridgehead atoms. The average Bonchev–Trinajstić information content (AvgIpc) is 3.35. The zero-order valence-corrected chi connectivity index (χ0v) is 19.7. The van der Waals surface area contributed by atoms with Gasteiger partial charge in [0.2, 0.25) is 0 Å². The number of hydrogen-bond donors (Lipinski definition) is 3. The lowest BCUT2D eigenvalue weighted by atomic mass is 10.1. The summed E-state index contributed by atoms with van der Waals surface area (Å²) in [7, 11) is 0. The SMILES string of the molecule is Cc1ccc(C(=O)NCCN2CCOCC2)cc1Nc1ncc(-c2ccc(N=CC=CN)cc2)o1. The molecule has 0 atom stereocenters. The van der Waals surface area contributed by atoms with Gasteiger partial charge in [0.15, 0.2) is 5.76 Å². The lowest BCUT2D eigenvalue weighted by Gasteiger charge is -2.26. The molecule has 1 amide bonds. The summed E-state index contributed by atoms with van der Waals surface area (Å²) in [6, 6.07) is 13.5. The molecule has 4 N–H and O–H groups in total.